The Morgan fingerprint density at radius 1 is 1.26 bits per heavy atom. The summed E-state index contributed by atoms with van der Waals surface area (Å²) in [6, 6.07) is 12.5. The Labute approximate surface area is 137 Å². The molecule has 0 bridgehead atoms. The fourth-order valence-electron chi connectivity index (χ4n) is 1.94. The number of amides is 1. The van der Waals surface area contributed by atoms with Crippen LogP contribution in [0.15, 0.2) is 62.7 Å². The van der Waals surface area contributed by atoms with Crippen LogP contribution < -0.4 is 5.43 Å². The highest BCUT2D eigenvalue weighted by Crippen LogP contribution is 2.26. The second kappa shape index (κ2) is 6.54. The number of furan rings is 2. The molecule has 0 saturated carbocycles. The number of hydrogen-bond donors (Lipinski definition) is 1. The second-order valence-corrected chi connectivity index (χ2v) is 5.25. The van der Waals surface area contributed by atoms with Crippen molar-refractivity contribution in [3.05, 3.63) is 70.8 Å². The normalized spacial score (nSPS) is 11.0. The van der Waals surface area contributed by atoms with E-state index in [-0.39, 0.29) is 5.76 Å². The largest absolute Gasteiger partial charge is 0.459 e. The molecule has 2 heterocycles. The van der Waals surface area contributed by atoms with Gasteiger partial charge in [0, 0.05) is 10.6 Å². The van der Waals surface area contributed by atoms with Crippen LogP contribution in [-0.2, 0) is 0 Å². The van der Waals surface area contributed by atoms with E-state index in [0.717, 1.165) is 11.1 Å². The Bertz CT molecular complexity index is 851. The number of carbonyl (C=O) groups is 1. The molecule has 0 aliphatic heterocycles. The predicted molar refractivity (Wildman–Crippen MR) is 87.7 cm³/mol. The fraction of sp³-hybridized carbons (Fsp3) is 0.0588. The van der Waals surface area contributed by atoms with Crippen molar-refractivity contribution in [1.29, 1.82) is 0 Å². The number of aryl methyl sites for hydroxylation is 1. The minimum absolute atomic E-state index is 0.191. The molecule has 3 rings (SSSR count). The molecule has 0 spiro atoms. The van der Waals surface area contributed by atoms with Crippen molar-refractivity contribution < 1.29 is 13.6 Å². The molecule has 0 atom stereocenters. The van der Waals surface area contributed by atoms with Gasteiger partial charge in [0.15, 0.2) is 5.76 Å². The summed E-state index contributed by atoms with van der Waals surface area (Å²) in [6.07, 6.45) is 2.84. The number of hydrazone groups is 1. The highest BCUT2D eigenvalue weighted by atomic mass is 35.5. The Kier molecular flexibility index (Phi) is 4.30. The number of nitrogens with zero attached hydrogens (tertiary/aromatic N) is 1. The van der Waals surface area contributed by atoms with Crippen LogP contribution in [0.5, 0.6) is 0 Å². The first-order valence-corrected chi connectivity index (χ1v) is 7.24. The Balaban J connectivity index is 1.68. The van der Waals surface area contributed by atoms with Gasteiger partial charge in [-0.3, -0.25) is 4.79 Å². The maximum atomic E-state index is 11.6. The van der Waals surface area contributed by atoms with Crippen LogP contribution in [0.25, 0.3) is 11.3 Å². The molecule has 0 saturated heterocycles. The molecule has 3 aromatic rings. The molecular weight excluding hydrogens is 316 g/mol. The summed E-state index contributed by atoms with van der Waals surface area (Å²) in [5, 5.41) is 4.51. The third-order valence-corrected chi connectivity index (χ3v) is 3.59. The van der Waals surface area contributed by atoms with Gasteiger partial charge < -0.3 is 8.83 Å². The number of rotatable bonds is 4. The third kappa shape index (κ3) is 3.52. The molecule has 23 heavy (non-hydrogen) atoms. The number of halogens is 1. The number of benzene rings is 1. The van der Waals surface area contributed by atoms with Gasteiger partial charge in [-0.05, 0) is 42.8 Å². The standard InChI is InChI=1S/C17H13ClN2O3/c1-11-4-5-12(9-14(11)18)15-7-6-13(23-15)10-19-20-17(21)16-3-2-8-22-16/h2-10H,1H3,(H,20,21)/b19-10-. The van der Waals surface area contributed by atoms with Gasteiger partial charge in [-0.2, -0.15) is 5.10 Å². The Hall–Kier alpha value is -2.79. The van der Waals surface area contributed by atoms with Gasteiger partial charge in [-0.25, -0.2) is 5.43 Å². The second-order valence-electron chi connectivity index (χ2n) is 4.84. The summed E-state index contributed by atoms with van der Waals surface area (Å²) in [5.74, 6) is 0.946. The zero-order chi connectivity index (χ0) is 16.2. The number of nitrogens with one attached hydrogen (secondary N) is 1. The van der Waals surface area contributed by atoms with Crippen molar-refractivity contribution in [3.63, 3.8) is 0 Å². The monoisotopic (exact) mass is 328 g/mol. The van der Waals surface area contributed by atoms with Crippen molar-refractivity contribution >= 4 is 23.7 Å². The van der Waals surface area contributed by atoms with Gasteiger partial charge in [0.2, 0.25) is 0 Å². The lowest BCUT2D eigenvalue weighted by atomic mass is 10.1. The van der Waals surface area contributed by atoms with Crippen LogP contribution in [0.1, 0.15) is 21.9 Å². The summed E-state index contributed by atoms with van der Waals surface area (Å²) in [7, 11) is 0. The van der Waals surface area contributed by atoms with E-state index >= 15 is 0 Å². The lowest BCUT2D eigenvalue weighted by molar-refractivity contribution is 0.0927. The van der Waals surface area contributed by atoms with Gasteiger partial charge in [-0.15, -0.1) is 0 Å². The first-order valence-electron chi connectivity index (χ1n) is 6.87. The Morgan fingerprint density at radius 3 is 2.87 bits per heavy atom. The van der Waals surface area contributed by atoms with Gasteiger partial charge in [0.1, 0.15) is 11.5 Å². The lowest BCUT2D eigenvalue weighted by Crippen LogP contribution is -2.16. The van der Waals surface area contributed by atoms with Crippen molar-refractivity contribution in [2.45, 2.75) is 6.92 Å². The maximum absolute atomic E-state index is 11.6. The van der Waals surface area contributed by atoms with Crippen molar-refractivity contribution in [2.75, 3.05) is 0 Å². The van der Waals surface area contributed by atoms with Crippen molar-refractivity contribution in [2.24, 2.45) is 5.10 Å². The molecule has 1 aromatic carbocycles. The van der Waals surface area contributed by atoms with Crippen molar-refractivity contribution in [1.82, 2.24) is 5.43 Å². The summed E-state index contributed by atoms with van der Waals surface area (Å²) in [4.78, 5) is 11.6. The molecule has 5 nitrogen and oxygen atoms in total. The minimum Gasteiger partial charge on any atom is -0.459 e. The van der Waals surface area contributed by atoms with Crippen molar-refractivity contribution in [3.8, 4) is 11.3 Å². The predicted octanol–water partition coefficient (Wildman–Crippen LogP) is 4.27. The van der Waals surface area contributed by atoms with Gasteiger partial charge >= 0.3 is 5.91 Å². The molecule has 0 radical (unpaired) electrons. The number of carbonyl (C=O) groups excluding carboxylic acids is 1. The van der Waals surface area contributed by atoms with E-state index in [1.54, 1.807) is 18.2 Å². The van der Waals surface area contributed by atoms with Crippen LogP contribution in [0.4, 0.5) is 0 Å². The molecule has 1 amide bonds. The van der Waals surface area contributed by atoms with Gasteiger partial charge in [0.25, 0.3) is 0 Å². The van der Waals surface area contributed by atoms with Crippen LogP contribution >= 0.6 is 11.6 Å². The molecule has 1 N–H and O–H groups in total. The third-order valence-electron chi connectivity index (χ3n) is 3.19. The van der Waals surface area contributed by atoms with Gasteiger partial charge in [0.05, 0.1) is 12.5 Å². The average molecular weight is 329 g/mol. The molecule has 0 unspecified atom stereocenters. The van der Waals surface area contributed by atoms with E-state index in [0.29, 0.717) is 16.5 Å². The topological polar surface area (TPSA) is 67.7 Å². The molecule has 6 heteroatoms. The summed E-state index contributed by atoms with van der Waals surface area (Å²) >= 11 is 6.11. The van der Waals surface area contributed by atoms with Crippen LogP contribution in [0, 0.1) is 6.92 Å². The molecule has 2 aromatic heterocycles. The zero-order valence-corrected chi connectivity index (χ0v) is 13.0. The SMILES string of the molecule is Cc1ccc(-c2ccc(/C=N\NC(=O)c3ccco3)o2)cc1Cl. The summed E-state index contributed by atoms with van der Waals surface area (Å²) in [5.41, 5.74) is 4.23. The molecule has 0 fully saturated rings. The van der Waals surface area contributed by atoms with E-state index in [2.05, 4.69) is 10.5 Å². The fourth-order valence-corrected chi connectivity index (χ4v) is 2.12. The summed E-state index contributed by atoms with van der Waals surface area (Å²) in [6.45, 7) is 1.94. The van der Waals surface area contributed by atoms with E-state index in [1.165, 1.54) is 12.5 Å². The maximum Gasteiger partial charge on any atom is 0.307 e. The van der Waals surface area contributed by atoms with Crippen LogP contribution in [0.2, 0.25) is 5.02 Å². The van der Waals surface area contributed by atoms with Gasteiger partial charge in [-0.1, -0.05) is 23.7 Å². The smallest absolute Gasteiger partial charge is 0.307 e. The van der Waals surface area contributed by atoms with E-state index in [1.807, 2.05) is 31.2 Å². The molecule has 116 valence electrons. The van der Waals surface area contributed by atoms with E-state index in [9.17, 15) is 4.79 Å². The van der Waals surface area contributed by atoms with Crippen LogP contribution in [-0.4, -0.2) is 12.1 Å². The number of hydrogen-bond acceptors (Lipinski definition) is 4. The Morgan fingerprint density at radius 2 is 2.13 bits per heavy atom. The highest BCUT2D eigenvalue weighted by Gasteiger charge is 2.07. The molecule has 0 aliphatic rings. The first kappa shape index (κ1) is 15.1. The van der Waals surface area contributed by atoms with E-state index in [4.69, 9.17) is 20.4 Å². The van der Waals surface area contributed by atoms with E-state index < -0.39 is 5.91 Å². The quantitative estimate of drug-likeness (QED) is 0.574. The first-order chi connectivity index (χ1) is 11.1. The molecular formula is C17H13ClN2O3. The summed E-state index contributed by atoms with van der Waals surface area (Å²) < 4.78 is 10.6. The molecule has 0 aliphatic carbocycles. The minimum atomic E-state index is -0.427. The van der Waals surface area contributed by atoms with Crippen LogP contribution in [0.3, 0.4) is 0 Å². The average Bonchev–Trinajstić information content (AvgIpc) is 3.21. The zero-order valence-electron chi connectivity index (χ0n) is 12.2. The lowest BCUT2D eigenvalue weighted by Gasteiger charge is -2.00. The highest BCUT2D eigenvalue weighted by molar-refractivity contribution is 6.31.